The smallest absolute Gasteiger partial charge is 0.268 e. The van der Waals surface area contributed by atoms with E-state index in [2.05, 4.69) is 20.7 Å². The van der Waals surface area contributed by atoms with Crippen LogP contribution < -0.4 is 14.8 Å². The van der Waals surface area contributed by atoms with E-state index in [-0.39, 0.29) is 17.3 Å². The van der Waals surface area contributed by atoms with E-state index in [0.29, 0.717) is 34.5 Å². The molecular formula is C23H21ClN4O5S2. The van der Waals surface area contributed by atoms with Crippen molar-refractivity contribution in [2.75, 3.05) is 24.8 Å². The van der Waals surface area contributed by atoms with Crippen molar-refractivity contribution in [1.29, 1.82) is 5.26 Å². The average Bonchev–Trinajstić information content (AvgIpc) is 3.24. The first-order chi connectivity index (χ1) is 16.5. The molecule has 0 aliphatic rings. The number of hydrogen-bond acceptors (Lipinski definition) is 9. The van der Waals surface area contributed by atoms with Crippen LogP contribution in [0, 0.1) is 25.2 Å². The molecule has 12 heteroatoms. The molecule has 0 atom stereocenters. The number of carbonyl (C=O) groups excluding carboxylic acids is 1. The minimum atomic E-state index is -3.60. The van der Waals surface area contributed by atoms with E-state index in [1.54, 1.807) is 24.3 Å². The van der Waals surface area contributed by atoms with Gasteiger partial charge >= 0.3 is 0 Å². The van der Waals surface area contributed by atoms with Crippen LogP contribution in [0.3, 0.4) is 0 Å². The topological polar surface area (TPSA) is 131 Å². The van der Waals surface area contributed by atoms with Gasteiger partial charge in [-0.2, -0.15) is 14.6 Å². The van der Waals surface area contributed by atoms with E-state index in [9.17, 15) is 18.5 Å². The third kappa shape index (κ3) is 7.51. The second-order valence-electron chi connectivity index (χ2n) is 7.49. The Bertz CT molecular complexity index is 1410. The molecule has 0 aliphatic heterocycles. The molecule has 0 fully saturated rings. The maximum absolute atomic E-state index is 12.4. The quantitative estimate of drug-likeness (QED) is 0.246. The monoisotopic (exact) mass is 532 g/mol. The van der Waals surface area contributed by atoms with Crippen LogP contribution in [0.5, 0.6) is 11.5 Å². The number of anilines is 1. The normalized spacial score (nSPS) is 11.6. The van der Waals surface area contributed by atoms with Gasteiger partial charge in [0.15, 0.2) is 0 Å². The largest absolute Gasteiger partial charge is 0.490 e. The minimum absolute atomic E-state index is 0.0404. The zero-order chi connectivity index (χ0) is 25.6. The summed E-state index contributed by atoms with van der Waals surface area (Å²) in [6, 6.07) is 12.6. The molecule has 0 spiro atoms. The van der Waals surface area contributed by atoms with Gasteiger partial charge < -0.3 is 9.47 Å². The van der Waals surface area contributed by atoms with Crippen molar-refractivity contribution in [2.45, 2.75) is 19.0 Å². The molecule has 0 radical (unpaired) electrons. The number of nitriles is 1. The summed E-state index contributed by atoms with van der Waals surface area (Å²) in [7, 11) is -3.60. The first-order valence-corrected chi connectivity index (χ1v) is 13.2. The average molecular weight is 533 g/mol. The molecule has 182 valence electrons. The van der Waals surface area contributed by atoms with E-state index in [4.69, 9.17) is 21.1 Å². The molecule has 1 heterocycles. The van der Waals surface area contributed by atoms with Crippen molar-refractivity contribution in [2.24, 2.45) is 0 Å². The van der Waals surface area contributed by atoms with Gasteiger partial charge in [0.1, 0.15) is 36.4 Å². The third-order valence-corrected chi connectivity index (χ3v) is 6.28. The van der Waals surface area contributed by atoms with Crippen LogP contribution in [0.2, 0.25) is 5.02 Å². The van der Waals surface area contributed by atoms with E-state index < -0.39 is 20.9 Å². The Balaban J connectivity index is 1.60. The lowest BCUT2D eigenvalue weighted by Gasteiger charge is -2.11. The number of nitrogens with zero attached hydrogens (tertiary/aromatic N) is 3. The molecule has 0 saturated carbocycles. The van der Waals surface area contributed by atoms with E-state index in [1.165, 1.54) is 6.08 Å². The number of nitrogens with one attached hydrogen (secondary N) is 1. The third-order valence-electron chi connectivity index (χ3n) is 4.40. The highest BCUT2D eigenvalue weighted by molar-refractivity contribution is 7.90. The Kier molecular flexibility index (Phi) is 8.45. The van der Waals surface area contributed by atoms with Crippen LogP contribution in [0.4, 0.5) is 5.13 Å². The zero-order valence-corrected chi connectivity index (χ0v) is 21.4. The highest BCUT2D eigenvalue weighted by Gasteiger charge is 2.17. The van der Waals surface area contributed by atoms with Crippen molar-refractivity contribution >= 4 is 50.1 Å². The Morgan fingerprint density at radius 1 is 1.17 bits per heavy atom. The summed E-state index contributed by atoms with van der Waals surface area (Å²) in [6.07, 6.45) is 2.29. The fourth-order valence-electron chi connectivity index (χ4n) is 2.94. The lowest BCUT2D eigenvalue weighted by Crippen LogP contribution is -2.13. The first kappa shape index (κ1) is 26.2. The van der Waals surface area contributed by atoms with Gasteiger partial charge in [-0.25, -0.2) is 8.42 Å². The maximum Gasteiger partial charge on any atom is 0.268 e. The number of sulfone groups is 1. The molecule has 0 bridgehead atoms. The number of carbonyl (C=O) groups is 1. The number of rotatable bonds is 9. The summed E-state index contributed by atoms with van der Waals surface area (Å²) >= 11 is 6.99. The Morgan fingerprint density at radius 3 is 2.46 bits per heavy atom. The van der Waals surface area contributed by atoms with Gasteiger partial charge in [-0.3, -0.25) is 10.1 Å². The highest BCUT2D eigenvalue weighted by atomic mass is 35.5. The summed E-state index contributed by atoms with van der Waals surface area (Å²) in [5.74, 6) is 0.433. The predicted octanol–water partition coefficient (Wildman–Crippen LogP) is 4.22. The van der Waals surface area contributed by atoms with Crippen molar-refractivity contribution < 1.29 is 22.7 Å². The highest BCUT2D eigenvalue weighted by Crippen LogP contribution is 2.27. The van der Waals surface area contributed by atoms with Gasteiger partial charge in [0, 0.05) is 17.8 Å². The lowest BCUT2D eigenvalue weighted by atomic mass is 10.1. The van der Waals surface area contributed by atoms with E-state index in [1.807, 2.05) is 26.0 Å². The second kappa shape index (κ2) is 11.3. The van der Waals surface area contributed by atoms with Crippen LogP contribution in [0.1, 0.15) is 16.7 Å². The van der Waals surface area contributed by atoms with Gasteiger partial charge in [0.2, 0.25) is 15.0 Å². The van der Waals surface area contributed by atoms with E-state index in [0.717, 1.165) is 23.1 Å². The van der Waals surface area contributed by atoms with E-state index >= 15 is 0 Å². The van der Waals surface area contributed by atoms with Gasteiger partial charge in [-0.1, -0.05) is 23.7 Å². The van der Waals surface area contributed by atoms with Gasteiger partial charge in [-0.05, 0) is 60.9 Å². The zero-order valence-electron chi connectivity index (χ0n) is 19.0. The molecule has 1 aromatic heterocycles. The Labute approximate surface area is 212 Å². The Hall–Kier alpha value is -3.46. The van der Waals surface area contributed by atoms with Crippen LogP contribution >= 0.6 is 23.1 Å². The van der Waals surface area contributed by atoms with Crippen LogP contribution in [0.15, 0.2) is 47.1 Å². The van der Waals surface area contributed by atoms with Crippen LogP contribution in [-0.2, 0) is 14.6 Å². The summed E-state index contributed by atoms with van der Waals surface area (Å²) in [6.45, 7) is 4.59. The first-order valence-electron chi connectivity index (χ1n) is 10.2. The number of ether oxygens (including phenoxy) is 2. The SMILES string of the molecule is Cc1cc(C)cc(OCCOc2ccc(/C=C(/C#N)C(=O)Nc3nc(S(C)(=O)=O)ns3)cc2Cl)c1. The van der Waals surface area contributed by atoms with Gasteiger partial charge in [-0.15, -0.1) is 0 Å². The molecule has 0 saturated heterocycles. The predicted molar refractivity (Wildman–Crippen MR) is 134 cm³/mol. The molecule has 3 aromatic rings. The second-order valence-corrected chi connectivity index (χ2v) is 10.6. The van der Waals surface area contributed by atoms with Crippen molar-refractivity contribution in [3.05, 3.63) is 63.7 Å². The molecule has 2 aromatic carbocycles. The van der Waals surface area contributed by atoms with Crippen molar-refractivity contribution in [3.8, 4) is 17.6 Å². The number of benzene rings is 2. The summed E-state index contributed by atoms with van der Waals surface area (Å²) in [4.78, 5) is 16.1. The summed E-state index contributed by atoms with van der Waals surface area (Å²) < 4.78 is 38.0. The number of aromatic nitrogens is 2. The molecule has 35 heavy (non-hydrogen) atoms. The minimum Gasteiger partial charge on any atom is -0.490 e. The number of amides is 1. The molecular weight excluding hydrogens is 512 g/mol. The molecule has 1 N–H and O–H groups in total. The molecule has 1 amide bonds. The molecule has 0 unspecified atom stereocenters. The molecule has 3 rings (SSSR count). The lowest BCUT2D eigenvalue weighted by molar-refractivity contribution is -0.112. The van der Waals surface area contributed by atoms with Gasteiger partial charge in [0.05, 0.1) is 5.02 Å². The standard InChI is InChI=1S/C23H21ClN4O5S2/c1-14-8-15(2)10-18(9-14)32-6-7-33-20-5-4-16(12-19(20)24)11-17(13-25)21(29)26-22-27-23(28-34-22)35(3,30)31/h4-5,8-12H,6-7H2,1-3H3,(H,26,27,28,29)/b17-11-. The Morgan fingerprint density at radius 2 is 1.86 bits per heavy atom. The summed E-state index contributed by atoms with van der Waals surface area (Å²) in [5, 5.41) is 11.6. The fraction of sp³-hybridized carbons (Fsp3) is 0.217. The maximum atomic E-state index is 12.4. The van der Waals surface area contributed by atoms with Crippen molar-refractivity contribution in [1.82, 2.24) is 9.36 Å². The fourth-order valence-corrected chi connectivity index (χ4v) is 4.63. The number of aryl methyl sites for hydroxylation is 2. The molecule has 0 aliphatic carbocycles. The number of hydrogen-bond donors (Lipinski definition) is 1. The number of halogens is 1. The van der Waals surface area contributed by atoms with Gasteiger partial charge in [0.25, 0.3) is 11.1 Å². The summed E-state index contributed by atoms with van der Waals surface area (Å²) in [5.41, 5.74) is 2.49. The van der Waals surface area contributed by atoms with Crippen molar-refractivity contribution in [3.63, 3.8) is 0 Å². The van der Waals surface area contributed by atoms with Crippen LogP contribution in [0.25, 0.3) is 6.08 Å². The molecule has 9 nitrogen and oxygen atoms in total. The van der Waals surface area contributed by atoms with Crippen LogP contribution in [-0.4, -0.2) is 43.2 Å².